The highest BCUT2D eigenvalue weighted by atomic mass is 16.2. The van der Waals surface area contributed by atoms with Gasteiger partial charge in [-0.25, -0.2) is 5.53 Å². The Balaban J connectivity index is 2.66. The second-order valence-electron chi connectivity index (χ2n) is 2.57. The Morgan fingerprint density at radius 2 is 2.07 bits per heavy atom. The minimum absolute atomic E-state index is 0.247. The van der Waals surface area contributed by atoms with E-state index in [2.05, 4.69) is 16.0 Å². The molecular weight excluding hydrogens is 180 g/mol. The summed E-state index contributed by atoms with van der Waals surface area (Å²) in [5, 5.41) is 3.23. The standard InChI is InChI=1S/C9H11N4O/c1-2-11-13-9(14)7-3-5-8(12-10)6-4-7/h3-6,10H,2H2,1H3,(H,13,14). The molecule has 0 spiro atoms. The lowest BCUT2D eigenvalue weighted by Gasteiger charge is -2.02. The Bertz CT molecular complexity index is 320. The van der Waals surface area contributed by atoms with Crippen LogP contribution in [-0.4, -0.2) is 12.5 Å². The van der Waals surface area contributed by atoms with Crippen molar-refractivity contribution < 1.29 is 4.79 Å². The Labute approximate surface area is 82.0 Å². The van der Waals surface area contributed by atoms with E-state index in [0.29, 0.717) is 17.8 Å². The molecule has 14 heavy (non-hydrogen) atoms. The molecular formula is C9H11N4O. The van der Waals surface area contributed by atoms with Gasteiger partial charge in [0.25, 0.3) is 5.91 Å². The number of rotatable bonds is 4. The van der Waals surface area contributed by atoms with Crippen LogP contribution in [0.2, 0.25) is 0 Å². The molecule has 0 atom stereocenters. The maximum atomic E-state index is 11.3. The van der Waals surface area contributed by atoms with Gasteiger partial charge in [-0.2, -0.15) is 5.11 Å². The predicted octanol–water partition coefficient (Wildman–Crippen LogP) is 1.62. The lowest BCUT2D eigenvalue weighted by atomic mass is 10.2. The Morgan fingerprint density at radius 1 is 1.43 bits per heavy atom. The first-order chi connectivity index (χ1) is 6.77. The van der Waals surface area contributed by atoms with Gasteiger partial charge in [0.05, 0.1) is 5.69 Å². The summed E-state index contributed by atoms with van der Waals surface area (Å²) in [5.41, 5.74) is 13.9. The number of nitrogens with one attached hydrogen (secondary N) is 2. The summed E-state index contributed by atoms with van der Waals surface area (Å²) in [5.74, 6) is -0.247. The molecule has 1 amide bonds. The smallest absolute Gasteiger partial charge is 0.266 e. The van der Waals surface area contributed by atoms with Crippen molar-refractivity contribution in [3.05, 3.63) is 29.8 Å². The molecule has 0 aliphatic rings. The third-order valence-electron chi connectivity index (χ3n) is 1.60. The third-order valence-corrected chi connectivity index (χ3v) is 1.60. The maximum absolute atomic E-state index is 11.3. The predicted molar refractivity (Wildman–Crippen MR) is 51.4 cm³/mol. The van der Waals surface area contributed by atoms with E-state index in [0.717, 1.165) is 0 Å². The number of hydrogen-bond acceptors (Lipinski definition) is 3. The van der Waals surface area contributed by atoms with Crippen molar-refractivity contribution in [3.63, 3.8) is 0 Å². The highest BCUT2D eigenvalue weighted by molar-refractivity contribution is 5.94. The van der Waals surface area contributed by atoms with Gasteiger partial charge >= 0.3 is 0 Å². The van der Waals surface area contributed by atoms with E-state index in [1.165, 1.54) is 0 Å². The second-order valence-corrected chi connectivity index (χ2v) is 2.57. The van der Waals surface area contributed by atoms with Crippen molar-refractivity contribution in [2.75, 3.05) is 6.54 Å². The maximum Gasteiger partial charge on any atom is 0.266 e. The number of amides is 1. The molecule has 0 unspecified atom stereocenters. The molecule has 0 aliphatic heterocycles. The molecule has 1 rings (SSSR count). The summed E-state index contributed by atoms with van der Waals surface area (Å²) in [6.45, 7) is 2.38. The molecule has 5 nitrogen and oxygen atoms in total. The van der Waals surface area contributed by atoms with E-state index >= 15 is 0 Å². The fourth-order valence-electron chi connectivity index (χ4n) is 0.903. The first-order valence-corrected chi connectivity index (χ1v) is 4.22. The molecule has 0 saturated heterocycles. The lowest BCUT2D eigenvalue weighted by molar-refractivity contribution is 0.0932. The van der Waals surface area contributed by atoms with Crippen LogP contribution >= 0.6 is 0 Å². The summed E-state index contributed by atoms with van der Waals surface area (Å²) in [7, 11) is 0. The SMILES string of the molecule is CC[N]NC(=O)c1ccc(N=N)cc1. The van der Waals surface area contributed by atoms with E-state index in [1.807, 2.05) is 6.92 Å². The molecule has 0 saturated carbocycles. The average Bonchev–Trinajstić information content (AvgIpc) is 2.26. The van der Waals surface area contributed by atoms with Crippen LogP contribution in [0.15, 0.2) is 29.4 Å². The fourth-order valence-corrected chi connectivity index (χ4v) is 0.903. The zero-order chi connectivity index (χ0) is 10.4. The van der Waals surface area contributed by atoms with Gasteiger partial charge in [-0.1, -0.05) is 0 Å². The van der Waals surface area contributed by atoms with Gasteiger partial charge < -0.3 is 0 Å². The molecule has 2 N–H and O–H groups in total. The highest BCUT2D eigenvalue weighted by Gasteiger charge is 2.03. The van der Waals surface area contributed by atoms with E-state index in [4.69, 9.17) is 5.53 Å². The van der Waals surface area contributed by atoms with Crippen LogP contribution in [0, 0.1) is 5.53 Å². The number of nitrogens with zero attached hydrogens (tertiary/aromatic N) is 2. The van der Waals surface area contributed by atoms with E-state index in [9.17, 15) is 4.79 Å². The van der Waals surface area contributed by atoms with Crippen LogP contribution in [0.25, 0.3) is 0 Å². The first-order valence-electron chi connectivity index (χ1n) is 4.22. The highest BCUT2D eigenvalue weighted by Crippen LogP contribution is 2.11. The average molecular weight is 191 g/mol. The quantitative estimate of drug-likeness (QED) is 0.550. The Hall–Kier alpha value is -1.75. The zero-order valence-corrected chi connectivity index (χ0v) is 7.82. The number of carbonyl (C=O) groups excluding carboxylic acids is 1. The molecule has 73 valence electrons. The number of carbonyl (C=O) groups is 1. The number of hydrogen-bond donors (Lipinski definition) is 2. The minimum Gasteiger partial charge on any atom is -0.270 e. The topological polar surface area (TPSA) is 79.4 Å². The van der Waals surface area contributed by atoms with Crippen LogP contribution < -0.4 is 10.9 Å². The van der Waals surface area contributed by atoms with Crippen LogP contribution in [0.1, 0.15) is 17.3 Å². The van der Waals surface area contributed by atoms with Gasteiger partial charge in [0.15, 0.2) is 0 Å². The molecule has 1 aromatic rings. The molecule has 0 bridgehead atoms. The van der Waals surface area contributed by atoms with Crippen molar-refractivity contribution in [1.82, 2.24) is 10.9 Å². The normalized spacial score (nSPS) is 9.50. The zero-order valence-electron chi connectivity index (χ0n) is 7.82. The molecule has 5 heteroatoms. The summed E-state index contributed by atoms with van der Waals surface area (Å²) < 4.78 is 0. The van der Waals surface area contributed by atoms with E-state index < -0.39 is 0 Å². The monoisotopic (exact) mass is 191 g/mol. The van der Waals surface area contributed by atoms with Gasteiger partial charge in [0.1, 0.15) is 0 Å². The van der Waals surface area contributed by atoms with Crippen LogP contribution in [0.3, 0.4) is 0 Å². The van der Waals surface area contributed by atoms with Crippen molar-refractivity contribution in [2.45, 2.75) is 6.92 Å². The second kappa shape index (κ2) is 5.08. The fraction of sp³-hybridized carbons (Fsp3) is 0.222. The van der Waals surface area contributed by atoms with Crippen LogP contribution in [0.4, 0.5) is 5.69 Å². The van der Waals surface area contributed by atoms with Gasteiger partial charge in [-0.15, -0.1) is 5.43 Å². The lowest BCUT2D eigenvalue weighted by Crippen LogP contribution is -2.31. The van der Waals surface area contributed by atoms with Crippen molar-refractivity contribution in [3.8, 4) is 0 Å². The van der Waals surface area contributed by atoms with Gasteiger partial charge in [0.2, 0.25) is 0 Å². The van der Waals surface area contributed by atoms with Crippen molar-refractivity contribution >= 4 is 11.6 Å². The summed E-state index contributed by atoms with van der Waals surface area (Å²) in [6.07, 6.45) is 0. The van der Waals surface area contributed by atoms with E-state index in [1.54, 1.807) is 24.3 Å². The van der Waals surface area contributed by atoms with Crippen molar-refractivity contribution in [1.29, 1.82) is 5.53 Å². The molecule has 1 aromatic carbocycles. The Morgan fingerprint density at radius 3 is 2.57 bits per heavy atom. The molecule has 1 radical (unpaired) electrons. The minimum atomic E-state index is -0.247. The van der Waals surface area contributed by atoms with Gasteiger partial charge in [-0.3, -0.25) is 10.2 Å². The van der Waals surface area contributed by atoms with Crippen molar-refractivity contribution in [2.24, 2.45) is 5.11 Å². The number of benzene rings is 1. The Kier molecular flexibility index (Phi) is 3.75. The molecule has 0 aromatic heterocycles. The first kappa shape index (κ1) is 10.3. The van der Waals surface area contributed by atoms with Gasteiger partial charge in [0, 0.05) is 12.1 Å². The molecule has 0 fully saturated rings. The van der Waals surface area contributed by atoms with Gasteiger partial charge in [-0.05, 0) is 31.2 Å². The summed E-state index contributed by atoms with van der Waals surface area (Å²) in [4.78, 5) is 11.3. The molecule has 0 heterocycles. The van der Waals surface area contributed by atoms with E-state index in [-0.39, 0.29) is 5.91 Å². The van der Waals surface area contributed by atoms with Crippen LogP contribution in [-0.2, 0) is 0 Å². The third kappa shape index (κ3) is 2.63. The molecule has 0 aliphatic carbocycles. The summed E-state index contributed by atoms with van der Waals surface area (Å²) in [6, 6.07) is 6.42. The summed E-state index contributed by atoms with van der Waals surface area (Å²) >= 11 is 0. The largest absolute Gasteiger partial charge is 0.270 e. The van der Waals surface area contributed by atoms with Crippen LogP contribution in [0.5, 0.6) is 0 Å².